The van der Waals surface area contributed by atoms with Gasteiger partial charge in [-0.15, -0.1) is 0 Å². The summed E-state index contributed by atoms with van der Waals surface area (Å²) >= 11 is 6.14. The topological polar surface area (TPSA) is 71.0 Å². The van der Waals surface area contributed by atoms with Gasteiger partial charge in [-0.2, -0.15) is 5.10 Å². The Morgan fingerprint density at radius 2 is 1.96 bits per heavy atom. The van der Waals surface area contributed by atoms with Crippen molar-refractivity contribution in [2.75, 3.05) is 12.1 Å². The molecule has 0 saturated carbocycles. The Kier molecular flexibility index (Phi) is 5.76. The highest BCUT2D eigenvalue weighted by Crippen LogP contribution is 2.26. The number of aryl methyl sites for hydroxylation is 1. The van der Waals surface area contributed by atoms with Crippen molar-refractivity contribution >= 4 is 34.8 Å². The fraction of sp³-hybridized carbons (Fsp3) is 0.250. The number of halogens is 1. The lowest BCUT2D eigenvalue weighted by molar-refractivity contribution is -0.119. The highest BCUT2D eigenvalue weighted by Gasteiger charge is 2.25. The van der Waals surface area contributed by atoms with Crippen LogP contribution >= 0.6 is 11.6 Å². The van der Waals surface area contributed by atoms with Crippen LogP contribution in [0.1, 0.15) is 24.0 Å². The summed E-state index contributed by atoms with van der Waals surface area (Å²) in [5.41, 5.74) is 2.72. The minimum absolute atomic E-state index is 0.165. The van der Waals surface area contributed by atoms with E-state index in [1.54, 1.807) is 19.2 Å². The molecule has 2 aromatic carbocycles. The van der Waals surface area contributed by atoms with Gasteiger partial charge in [-0.05, 0) is 42.3 Å². The molecule has 0 aliphatic carbocycles. The molecule has 2 aromatic rings. The van der Waals surface area contributed by atoms with Crippen LogP contribution in [0.2, 0.25) is 5.02 Å². The van der Waals surface area contributed by atoms with E-state index >= 15 is 0 Å². The monoisotopic (exact) mass is 385 g/mol. The number of ether oxygens (including phenoxy) is 1. The van der Waals surface area contributed by atoms with Crippen molar-refractivity contribution in [1.82, 2.24) is 5.32 Å². The quantitative estimate of drug-likeness (QED) is 0.856. The van der Waals surface area contributed by atoms with Gasteiger partial charge in [-0.1, -0.05) is 29.8 Å². The lowest BCUT2D eigenvalue weighted by Crippen LogP contribution is -2.38. The molecule has 0 unspecified atom stereocenters. The lowest BCUT2D eigenvalue weighted by Gasteiger charge is -2.23. The van der Waals surface area contributed by atoms with Gasteiger partial charge < -0.3 is 10.1 Å². The number of hydrogen-bond acceptors (Lipinski definition) is 4. The summed E-state index contributed by atoms with van der Waals surface area (Å²) in [5, 5.41) is 8.89. The van der Waals surface area contributed by atoms with E-state index in [2.05, 4.69) is 10.4 Å². The second kappa shape index (κ2) is 8.22. The van der Waals surface area contributed by atoms with Gasteiger partial charge in [0.1, 0.15) is 11.5 Å². The Balaban J connectivity index is 1.71. The molecule has 27 heavy (non-hydrogen) atoms. The molecule has 0 fully saturated rings. The average molecular weight is 386 g/mol. The summed E-state index contributed by atoms with van der Waals surface area (Å²) in [4.78, 5) is 24.7. The minimum Gasteiger partial charge on any atom is -0.497 e. The minimum atomic E-state index is -0.290. The van der Waals surface area contributed by atoms with Crippen molar-refractivity contribution in [3.63, 3.8) is 0 Å². The van der Waals surface area contributed by atoms with Crippen LogP contribution in [0.25, 0.3) is 0 Å². The third kappa shape index (κ3) is 4.46. The van der Waals surface area contributed by atoms with Gasteiger partial charge >= 0.3 is 0 Å². The number of hydrazone groups is 1. The van der Waals surface area contributed by atoms with Crippen molar-refractivity contribution in [1.29, 1.82) is 0 Å². The molecular formula is C20H20ClN3O3. The number of amides is 2. The molecule has 0 radical (unpaired) electrons. The zero-order valence-corrected chi connectivity index (χ0v) is 15.9. The zero-order valence-electron chi connectivity index (χ0n) is 15.2. The summed E-state index contributed by atoms with van der Waals surface area (Å²) in [6.45, 7) is 2.25. The van der Waals surface area contributed by atoms with Gasteiger partial charge in [0.2, 0.25) is 5.91 Å². The second-order valence-electron chi connectivity index (χ2n) is 6.22. The molecule has 3 rings (SSSR count). The largest absolute Gasteiger partial charge is 0.497 e. The van der Waals surface area contributed by atoms with Crippen LogP contribution in [0.15, 0.2) is 47.6 Å². The maximum absolute atomic E-state index is 12.5. The van der Waals surface area contributed by atoms with E-state index in [1.807, 2.05) is 37.3 Å². The summed E-state index contributed by atoms with van der Waals surface area (Å²) in [6.07, 6.45) is 0.531. The van der Waals surface area contributed by atoms with Gasteiger partial charge in [-0.3, -0.25) is 9.59 Å². The van der Waals surface area contributed by atoms with Crippen LogP contribution in [0, 0.1) is 6.92 Å². The van der Waals surface area contributed by atoms with E-state index in [-0.39, 0.29) is 18.2 Å². The van der Waals surface area contributed by atoms with E-state index in [9.17, 15) is 9.59 Å². The van der Waals surface area contributed by atoms with E-state index in [4.69, 9.17) is 16.3 Å². The van der Waals surface area contributed by atoms with Crippen molar-refractivity contribution in [2.45, 2.75) is 26.3 Å². The van der Waals surface area contributed by atoms with Crippen LogP contribution in [0.5, 0.6) is 5.75 Å². The van der Waals surface area contributed by atoms with Crippen molar-refractivity contribution in [3.8, 4) is 5.75 Å². The third-order valence-electron chi connectivity index (χ3n) is 4.31. The Morgan fingerprint density at radius 3 is 2.63 bits per heavy atom. The molecule has 0 spiro atoms. The first-order valence-corrected chi connectivity index (χ1v) is 8.93. The number of rotatable bonds is 5. The zero-order chi connectivity index (χ0) is 19.4. The standard InChI is InChI=1S/C20H20ClN3O3/c1-13-3-6-15(11-17(13)21)24-19(25)10-9-18(23-24)20(26)22-12-14-4-7-16(27-2)8-5-14/h3-8,11H,9-10,12H2,1-2H3,(H,22,26). The number of hydrogen-bond donors (Lipinski definition) is 1. The maximum Gasteiger partial charge on any atom is 0.267 e. The Morgan fingerprint density at radius 1 is 1.22 bits per heavy atom. The molecule has 0 bridgehead atoms. The van der Waals surface area contributed by atoms with Crippen LogP contribution < -0.4 is 15.1 Å². The predicted molar refractivity (Wildman–Crippen MR) is 105 cm³/mol. The summed E-state index contributed by atoms with van der Waals surface area (Å²) in [5.74, 6) is 0.302. The predicted octanol–water partition coefficient (Wildman–Crippen LogP) is 3.46. The van der Waals surface area contributed by atoms with Gasteiger partial charge in [0, 0.05) is 24.4 Å². The molecule has 6 nitrogen and oxygen atoms in total. The molecule has 0 saturated heterocycles. The highest BCUT2D eigenvalue weighted by atomic mass is 35.5. The summed E-state index contributed by atoms with van der Waals surface area (Å²) < 4.78 is 5.12. The first kappa shape index (κ1) is 18.9. The third-order valence-corrected chi connectivity index (χ3v) is 4.71. The van der Waals surface area contributed by atoms with Gasteiger partial charge in [0.15, 0.2) is 0 Å². The van der Waals surface area contributed by atoms with E-state index < -0.39 is 0 Å². The summed E-state index contributed by atoms with van der Waals surface area (Å²) in [6, 6.07) is 12.7. The number of methoxy groups -OCH3 is 1. The fourth-order valence-electron chi connectivity index (χ4n) is 2.66. The van der Waals surface area contributed by atoms with E-state index in [0.29, 0.717) is 29.4 Å². The SMILES string of the molecule is COc1ccc(CNC(=O)C2=NN(c3ccc(C)c(Cl)c3)C(=O)CC2)cc1. The molecule has 1 aliphatic rings. The Bertz CT molecular complexity index is 894. The first-order valence-electron chi connectivity index (χ1n) is 8.55. The lowest BCUT2D eigenvalue weighted by atomic mass is 10.1. The number of nitrogens with zero attached hydrogens (tertiary/aromatic N) is 2. The van der Waals surface area contributed by atoms with E-state index in [0.717, 1.165) is 16.9 Å². The van der Waals surface area contributed by atoms with Gasteiger partial charge in [-0.25, -0.2) is 5.01 Å². The van der Waals surface area contributed by atoms with Crippen molar-refractivity contribution in [2.24, 2.45) is 5.10 Å². The van der Waals surface area contributed by atoms with E-state index in [1.165, 1.54) is 5.01 Å². The van der Waals surface area contributed by atoms with Gasteiger partial charge in [0.25, 0.3) is 5.91 Å². The van der Waals surface area contributed by atoms with Crippen molar-refractivity contribution in [3.05, 3.63) is 58.6 Å². The number of benzene rings is 2. The number of carbonyl (C=O) groups is 2. The summed E-state index contributed by atoms with van der Waals surface area (Å²) in [7, 11) is 1.60. The molecule has 1 heterocycles. The Hall–Kier alpha value is -2.86. The molecule has 1 N–H and O–H groups in total. The molecular weight excluding hydrogens is 366 g/mol. The van der Waals surface area contributed by atoms with Gasteiger partial charge in [0.05, 0.1) is 12.8 Å². The molecule has 0 aromatic heterocycles. The molecule has 140 valence electrons. The molecule has 2 amide bonds. The maximum atomic E-state index is 12.5. The van der Waals surface area contributed by atoms with Crippen LogP contribution in [0.4, 0.5) is 5.69 Å². The molecule has 0 atom stereocenters. The molecule has 7 heteroatoms. The highest BCUT2D eigenvalue weighted by molar-refractivity contribution is 6.40. The fourth-order valence-corrected chi connectivity index (χ4v) is 2.83. The first-order chi connectivity index (χ1) is 13.0. The van der Waals surface area contributed by atoms with Crippen molar-refractivity contribution < 1.29 is 14.3 Å². The second-order valence-corrected chi connectivity index (χ2v) is 6.62. The average Bonchev–Trinajstić information content (AvgIpc) is 2.69. The normalized spacial score (nSPS) is 14.0. The number of anilines is 1. The van der Waals surface area contributed by atoms with Crippen LogP contribution in [-0.2, 0) is 16.1 Å². The number of carbonyl (C=O) groups excluding carboxylic acids is 2. The number of nitrogens with one attached hydrogen (secondary N) is 1. The smallest absolute Gasteiger partial charge is 0.267 e. The van der Waals surface area contributed by atoms with Crippen LogP contribution in [-0.4, -0.2) is 24.6 Å². The molecule has 1 aliphatic heterocycles. The Labute approximate surface area is 162 Å². The van der Waals surface area contributed by atoms with Crippen LogP contribution in [0.3, 0.4) is 0 Å².